The summed E-state index contributed by atoms with van der Waals surface area (Å²) in [7, 11) is 0. The summed E-state index contributed by atoms with van der Waals surface area (Å²) in [6, 6.07) is 9.67. The van der Waals surface area contributed by atoms with Crippen molar-refractivity contribution in [2.75, 3.05) is 0 Å². The Morgan fingerprint density at radius 1 is 1.19 bits per heavy atom. The van der Waals surface area contributed by atoms with Crippen LogP contribution in [0.3, 0.4) is 0 Å². The summed E-state index contributed by atoms with van der Waals surface area (Å²) in [6.07, 6.45) is 1.64. The molecule has 3 heteroatoms. The second-order valence-electron chi connectivity index (χ2n) is 3.69. The monoisotopic (exact) mass is 233 g/mol. The standard InChI is InChI=1S/C13H12ClNO/c1-9-4-3-5-11(6-9)16-12-8-15-13(14)7-10(12)2/h3-8H,1-2H3. The van der Waals surface area contributed by atoms with Crippen LogP contribution in [-0.2, 0) is 0 Å². The third-order valence-corrected chi connectivity index (χ3v) is 2.45. The molecule has 1 aromatic carbocycles. The molecule has 82 valence electrons. The molecule has 0 radical (unpaired) electrons. The summed E-state index contributed by atoms with van der Waals surface area (Å²) in [5.74, 6) is 1.54. The molecule has 0 amide bonds. The Morgan fingerprint density at radius 2 is 2.00 bits per heavy atom. The number of pyridine rings is 1. The lowest BCUT2D eigenvalue weighted by atomic mass is 10.2. The molecular formula is C13H12ClNO. The molecule has 0 saturated heterocycles. The number of hydrogen-bond acceptors (Lipinski definition) is 2. The van der Waals surface area contributed by atoms with Crippen LogP contribution in [0, 0.1) is 13.8 Å². The lowest BCUT2D eigenvalue weighted by molar-refractivity contribution is 0.476. The van der Waals surface area contributed by atoms with Crippen LogP contribution in [0.2, 0.25) is 5.15 Å². The van der Waals surface area contributed by atoms with Gasteiger partial charge in [0.05, 0.1) is 6.20 Å². The molecule has 0 atom stereocenters. The molecule has 0 aliphatic heterocycles. The van der Waals surface area contributed by atoms with Crippen molar-refractivity contribution >= 4 is 11.6 Å². The quantitative estimate of drug-likeness (QED) is 0.728. The van der Waals surface area contributed by atoms with Gasteiger partial charge in [-0.15, -0.1) is 0 Å². The number of benzene rings is 1. The number of aromatic nitrogens is 1. The normalized spacial score (nSPS) is 10.2. The SMILES string of the molecule is Cc1cccc(Oc2cnc(Cl)cc2C)c1. The number of nitrogens with zero attached hydrogens (tertiary/aromatic N) is 1. The first-order valence-electron chi connectivity index (χ1n) is 5.02. The molecule has 0 aliphatic carbocycles. The van der Waals surface area contributed by atoms with Gasteiger partial charge in [0.2, 0.25) is 0 Å². The lowest BCUT2D eigenvalue weighted by Crippen LogP contribution is -1.89. The van der Waals surface area contributed by atoms with Crippen LogP contribution >= 0.6 is 11.6 Å². The summed E-state index contributed by atoms with van der Waals surface area (Å²) in [5, 5.41) is 0.481. The van der Waals surface area contributed by atoms with Gasteiger partial charge >= 0.3 is 0 Å². The maximum Gasteiger partial charge on any atom is 0.148 e. The highest BCUT2D eigenvalue weighted by atomic mass is 35.5. The fourth-order valence-corrected chi connectivity index (χ4v) is 1.63. The van der Waals surface area contributed by atoms with Crippen molar-refractivity contribution in [2.45, 2.75) is 13.8 Å². The molecule has 2 aromatic rings. The van der Waals surface area contributed by atoms with Crippen molar-refractivity contribution in [2.24, 2.45) is 0 Å². The second kappa shape index (κ2) is 4.54. The van der Waals surface area contributed by atoms with Gasteiger partial charge in [-0.25, -0.2) is 4.98 Å². The van der Waals surface area contributed by atoms with Crippen LogP contribution < -0.4 is 4.74 Å². The van der Waals surface area contributed by atoms with Gasteiger partial charge in [0.25, 0.3) is 0 Å². The first-order valence-corrected chi connectivity index (χ1v) is 5.39. The van der Waals surface area contributed by atoms with E-state index in [1.165, 1.54) is 0 Å². The third-order valence-electron chi connectivity index (χ3n) is 2.25. The van der Waals surface area contributed by atoms with Gasteiger partial charge in [0, 0.05) is 0 Å². The fraction of sp³-hybridized carbons (Fsp3) is 0.154. The largest absolute Gasteiger partial charge is 0.455 e. The van der Waals surface area contributed by atoms with Gasteiger partial charge in [0.1, 0.15) is 16.7 Å². The third kappa shape index (κ3) is 2.52. The van der Waals surface area contributed by atoms with Crippen LogP contribution in [0.4, 0.5) is 0 Å². The minimum Gasteiger partial charge on any atom is -0.455 e. The molecule has 16 heavy (non-hydrogen) atoms. The summed E-state index contributed by atoms with van der Waals surface area (Å²) in [6.45, 7) is 3.97. The maximum atomic E-state index is 5.78. The van der Waals surface area contributed by atoms with E-state index in [1.54, 1.807) is 12.3 Å². The van der Waals surface area contributed by atoms with E-state index in [1.807, 2.05) is 38.1 Å². The van der Waals surface area contributed by atoms with Crippen LogP contribution in [-0.4, -0.2) is 4.98 Å². The first kappa shape index (κ1) is 11.0. The van der Waals surface area contributed by atoms with E-state index in [-0.39, 0.29) is 0 Å². The van der Waals surface area contributed by atoms with Gasteiger partial charge in [-0.1, -0.05) is 23.7 Å². The van der Waals surface area contributed by atoms with E-state index in [4.69, 9.17) is 16.3 Å². The molecule has 2 nitrogen and oxygen atoms in total. The van der Waals surface area contributed by atoms with E-state index in [0.29, 0.717) is 5.15 Å². The van der Waals surface area contributed by atoms with Gasteiger partial charge in [-0.05, 0) is 43.2 Å². The smallest absolute Gasteiger partial charge is 0.148 e. The van der Waals surface area contributed by atoms with Crippen LogP contribution in [0.15, 0.2) is 36.5 Å². The van der Waals surface area contributed by atoms with E-state index in [9.17, 15) is 0 Å². The minimum absolute atomic E-state index is 0.481. The predicted octanol–water partition coefficient (Wildman–Crippen LogP) is 4.14. The molecule has 2 rings (SSSR count). The molecule has 0 saturated carbocycles. The van der Waals surface area contributed by atoms with Crippen molar-refractivity contribution in [1.82, 2.24) is 4.98 Å². The highest BCUT2D eigenvalue weighted by Gasteiger charge is 2.03. The van der Waals surface area contributed by atoms with Crippen LogP contribution in [0.1, 0.15) is 11.1 Å². The van der Waals surface area contributed by atoms with E-state index >= 15 is 0 Å². The molecular weight excluding hydrogens is 222 g/mol. The Kier molecular flexibility index (Phi) is 3.11. The van der Waals surface area contributed by atoms with Crippen LogP contribution in [0.25, 0.3) is 0 Å². The number of rotatable bonds is 2. The molecule has 1 heterocycles. The molecule has 1 aromatic heterocycles. The highest BCUT2D eigenvalue weighted by molar-refractivity contribution is 6.29. The molecule has 0 N–H and O–H groups in total. The molecule has 0 aliphatic rings. The predicted molar refractivity (Wildman–Crippen MR) is 65.2 cm³/mol. The zero-order chi connectivity index (χ0) is 11.5. The van der Waals surface area contributed by atoms with Crippen molar-refractivity contribution in [3.8, 4) is 11.5 Å². The number of hydrogen-bond donors (Lipinski definition) is 0. The Morgan fingerprint density at radius 3 is 2.69 bits per heavy atom. The van der Waals surface area contributed by atoms with Crippen molar-refractivity contribution in [3.05, 3.63) is 52.8 Å². The second-order valence-corrected chi connectivity index (χ2v) is 4.08. The van der Waals surface area contributed by atoms with Crippen molar-refractivity contribution in [3.63, 3.8) is 0 Å². The molecule has 0 spiro atoms. The minimum atomic E-state index is 0.481. The first-order chi connectivity index (χ1) is 7.65. The summed E-state index contributed by atoms with van der Waals surface area (Å²) >= 11 is 5.78. The summed E-state index contributed by atoms with van der Waals surface area (Å²) in [5.41, 5.74) is 2.14. The molecule has 0 bridgehead atoms. The number of halogens is 1. The molecule has 0 fully saturated rings. The van der Waals surface area contributed by atoms with Gasteiger partial charge in [0.15, 0.2) is 0 Å². The Hall–Kier alpha value is -1.54. The summed E-state index contributed by atoms with van der Waals surface area (Å²) in [4.78, 5) is 4.00. The van der Waals surface area contributed by atoms with E-state index in [0.717, 1.165) is 22.6 Å². The van der Waals surface area contributed by atoms with Crippen molar-refractivity contribution in [1.29, 1.82) is 0 Å². The zero-order valence-electron chi connectivity index (χ0n) is 9.20. The van der Waals surface area contributed by atoms with Crippen LogP contribution in [0.5, 0.6) is 11.5 Å². The van der Waals surface area contributed by atoms with E-state index in [2.05, 4.69) is 4.98 Å². The average molecular weight is 234 g/mol. The van der Waals surface area contributed by atoms with Gasteiger partial charge < -0.3 is 4.74 Å². The van der Waals surface area contributed by atoms with Gasteiger partial charge in [-0.3, -0.25) is 0 Å². The van der Waals surface area contributed by atoms with E-state index < -0.39 is 0 Å². The Bertz CT molecular complexity index is 511. The fourth-order valence-electron chi connectivity index (χ4n) is 1.42. The zero-order valence-corrected chi connectivity index (χ0v) is 9.95. The highest BCUT2D eigenvalue weighted by Crippen LogP contribution is 2.25. The number of ether oxygens (including phenoxy) is 1. The Balaban J connectivity index is 2.27. The number of aryl methyl sites for hydroxylation is 2. The summed E-state index contributed by atoms with van der Waals surface area (Å²) < 4.78 is 5.72. The average Bonchev–Trinajstić information content (AvgIpc) is 2.22. The Labute approximate surface area is 99.9 Å². The maximum absolute atomic E-state index is 5.78. The topological polar surface area (TPSA) is 22.1 Å². The van der Waals surface area contributed by atoms with Crippen molar-refractivity contribution < 1.29 is 4.74 Å². The molecule has 0 unspecified atom stereocenters. The van der Waals surface area contributed by atoms with Gasteiger partial charge in [-0.2, -0.15) is 0 Å². The lowest BCUT2D eigenvalue weighted by Gasteiger charge is -2.08.